The molecule has 34 heavy (non-hydrogen) atoms. The average Bonchev–Trinajstić information content (AvgIpc) is 2.85. The van der Waals surface area contributed by atoms with Crippen LogP contribution in [-0.4, -0.2) is 20.8 Å². The fourth-order valence-electron chi connectivity index (χ4n) is 3.06. The van der Waals surface area contributed by atoms with E-state index in [1.54, 1.807) is 54.9 Å². The monoisotopic (exact) mass is 475 g/mol. The van der Waals surface area contributed by atoms with E-state index in [2.05, 4.69) is 20.6 Å². The molecule has 0 atom stereocenters. The molecule has 2 N–H and O–H groups in total. The predicted molar refractivity (Wildman–Crippen MR) is 128 cm³/mol. The number of nitro benzene ring substituents is 1. The summed E-state index contributed by atoms with van der Waals surface area (Å²) < 4.78 is 5.52. The summed E-state index contributed by atoms with van der Waals surface area (Å²) in [5.41, 5.74) is 1.51. The van der Waals surface area contributed by atoms with E-state index in [1.807, 2.05) is 12.1 Å². The van der Waals surface area contributed by atoms with Crippen molar-refractivity contribution in [1.82, 2.24) is 9.97 Å². The minimum absolute atomic E-state index is 0.146. The molecule has 0 unspecified atom stereocenters. The second kappa shape index (κ2) is 10.4. The van der Waals surface area contributed by atoms with Gasteiger partial charge in [-0.3, -0.25) is 14.9 Å². The summed E-state index contributed by atoms with van der Waals surface area (Å²) in [4.78, 5) is 31.7. The van der Waals surface area contributed by atoms with Crippen molar-refractivity contribution in [3.05, 3.63) is 111 Å². The maximum Gasteiger partial charge on any atom is 0.321 e. The van der Waals surface area contributed by atoms with Crippen LogP contribution in [0.5, 0.6) is 11.8 Å². The molecule has 0 bridgehead atoms. The molecule has 170 valence electrons. The zero-order valence-corrected chi connectivity index (χ0v) is 18.4. The Labute approximate surface area is 199 Å². The third kappa shape index (κ3) is 5.64. The molecule has 4 rings (SSSR count). The smallest absolute Gasteiger partial charge is 0.321 e. The highest BCUT2D eigenvalue weighted by molar-refractivity contribution is 6.31. The molecule has 0 spiro atoms. The van der Waals surface area contributed by atoms with Crippen LogP contribution in [0.2, 0.25) is 5.02 Å². The van der Waals surface area contributed by atoms with Crippen LogP contribution in [0.15, 0.2) is 85.2 Å². The summed E-state index contributed by atoms with van der Waals surface area (Å²) in [6, 6.07) is 19.9. The Morgan fingerprint density at radius 1 is 1.00 bits per heavy atom. The molecule has 0 saturated heterocycles. The molecule has 0 aliphatic carbocycles. The molecule has 0 aliphatic rings. The lowest BCUT2D eigenvalue weighted by molar-refractivity contribution is -0.384. The van der Waals surface area contributed by atoms with Crippen molar-refractivity contribution in [1.29, 1.82) is 0 Å². The minimum atomic E-state index is -0.538. The van der Waals surface area contributed by atoms with Crippen LogP contribution >= 0.6 is 11.6 Å². The van der Waals surface area contributed by atoms with Crippen LogP contribution in [0.4, 0.5) is 17.1 Å². The molecule has 0 aliphatic heterocycles. The molecule has 0 fully saturated rings. The Kier molecular flexibility index (Phi) is 6.95. The van der Waals surface area contributed by atoms with Crippen LogP contribution in [0.25, 0.3) is 0 Å². The maximum atomic E-state index is 12.7. The Morgan fingerprint density at radius 2 is 1.74 bits per heavy atom. The third-order valence-corrected chi connectivity index (χ3v) is 5.12. The molecule has 1 aromatic heterocycles. The van der Waals surface area contributed by atoms with E-state index in [0.29, 0.717) is 23.0 Å². The second-order valence-electron chi connectivity index (χ2n) is 7.05. The number of rotatable bonds is 8. The first-order valence-electron chi connectivity index (χ1n) is 10.1. The fourth-order valence-corrected chi connectivity index (χ4v) is 3.26. The van der Waals surface area contributed by atoms with Crippen LogP contribution in [0, 0.1) is 10.1 Å². The highest BCUT2D eigenvalue weighted by atomic mass is 35.5. The number of hydrogen-bond acceptors (Lipinski definition) is 7. The number of carbonyl (C=O) groups is 1. The van der Waals surface area contributed by atoms with Crippen LogP contribution in [-0.2, 0) is 6.54 Å². The fraction of sp³-hybridized carbons (Fsp3) is 0.0417. The molecular weight excluding hydrogens is 458 g/mol. The summed E-state index contributed by atoms with van der Waals surface area (Å²) in [7, 11) is 0. The molecule has 0 saturated carbocycles. The highest BCUT2D eigenvalue weighted by Crippen LogP contribution is 2.28. The summed E-state index contributed by atoms with van der Waals surface area (Å²) in [5.74, 6) is 0.00889. The Morgan fingerprint density at radius 3 is 2.44 bits per heavy atom. The van der Waals surface area contributed by atoms with E-state index < -0.39 is 10.8 Å². The molecular formula is C24H18ClN5O4. The van der Waals surface area contributed by atoms with Gasteiger partial charge >= 0.3 is 6.01 Å². The number of carbonyl (C=O) groups excluding carboxylic acids is 1. The SMILES string of the molecule is O=C(Nc1ccc(Oc2ncccn2)cc1)c1ccc(NCc2ccccc2Cl)c([N+](=O)[O-])c1. The van der Waals surface area contributed by atoms with Crippen molar-refractivity contribution in [2.45, 2.75) is 6.54 Å². The lowest BCUT2D eigenvalue weighted by Crippen LogP contribution is -2.13. The number of ether oxygens (including phenoxy) is 1. The van der Waals surface area contributed by atoms with Crippen molar-refractivity contribution in [3.8, 4) is 11.8 Å². The van der Waals surface area contributed by atoms with Crippen LogP contribution < -0.4 is 15.4 Å². The summed E-state index contributed by atoms with van der Waals surface area (Å²) >= 11 is 6.15. The maximum absolute atomic E-state index is 12.7. The molecule has 10 heteroatoms. The van der Waals surface area contributed by atoms with E-state index in [4.69, 9.17) is 16.3 Å². The first kappa shape index (κ1) is 22.7. The molecule has 9 nitrogen and oxygen atoms in total. The van der Waals surface area contributed by atoms with Gasteiger partial charge in [-0.1, -0.05) is 29.8 Å². The highest BCUT2D eigenvalue weighted by Gasteiger charge is 2.18. The van der Waals surface area contributed by atoms with Gasteiger partial charge in [0.05, 0.1) is 4.92 Å². The standard InChI is InChI=1S/C24H18ClN5O4/c25-20-5-2-1-4-17(20)15-28-21-11-6-16(14-22(21)30(32)33)23(31)29-18-7-9-19(10-8-18)34-24-26-12-3-13-27-24/h1-14,28H,15H2,(H,29,31). The van der Waals surface area contributed by atoms with Gasteiger partial charge in [0.15, 0.2) is 0 Å². The number of hydrogen-bond donors (Lipinski definition) is 2. The van der Waals surface area contributed by atoms with Gasteiger partial charge in [-0.05, 0) is 54.1 Å². The topological polar surface area (TPSA) is 119 Å². The molecule has 4 aromatic rings. The van der Waals surface area contributed by atoms with Gasteiger partial charge in [0.1, 0.15) is 11.4 Å². The number of benzene rings is 3. The molecule has 1 amide bonds. The summed E-state index contributed by atoms with van der Waals surface area (Å²) in [6.45, 7) is 0.300. The number of aromatic nitrogens is 2. The normalized spacial score (nSPS) is 10.4. The second-order valence-corrected chi connectivity index (χ2v) is 7.45. The number of nitro groups is 1. The Hall–Kier alpha value is -4.50. The lowest BCUT2D eigenvalue weighted by atomic mass is 10.1. The largest absolute Gasteiger partial charge is 0.424 e. The lowest BCUT2D eigenvalue weighted by Gasteiger charge is -2.10. The summed E-state index contributed by atoms with van der Waals surface area (Å²) in [5, 5.41) is 17.9. The van der Waals surface area contributed by atoms with Gasteiger partial charge in [-0.15, -0.1) is 0 Å². The number of anilines is 2. The van der Waals surface area contributed by atoms with Gasteiger partial charge < -0.3 is 15.4 Å². The zero-order valence-electron chi connectivity index (χ0n) is 17.6. The van der Waals surface area contributed by atoms with Gasteiger partial charge in [-0.2, -0.15) is 0 Å². The minimum Gasteiger partial charge on any atom is -0.424 e. The van der Waals surface area contributed by atoms with Gasteiger partial charge in [0.25, 0.3) is 11.6 Å². The van der Waals surface area contributed by atoms with Crippen molar-refractivity contribution in [2.75, 3.05) is 10.6 Å². The first-order chi connectivity index (χ1) is 16.5. The Balaban J connectivity index is 1.44. The molecule has 1 heterocycles. The average molecular weight is 476 g/mol. The van der Waals surface area contributed by atoms with E-state index in [9.17, 15) is 14.9 Å². The van der Waals surface area contributed by atoms with E-state index >= 15 is 0 Å². The van der Waals surface area contributed by atoms with E-state index in [1.165, 1.54) is 18.2 Å². The van der Waals surface area contributed by atoms with Gasteiger partial charge in [0.2, 0.25) is 0 Å². The van der Waals surface area contributed by atoms with E-state index in [-0.39, 0.29) is 22.9 Å². The van der Waals surface area contributed by atoms with Crippen molar-refractivity contribution >= 4 is 34.6 Å². The molecule has 3 aromatic carbocycles. The zero-order chi connectivity index (χ0) is 23.9. The number of nitrogens with one attached hydrogen (secondary N) is 2. The van der Waals surface area contributed by atoms with E-state index in [0.717, 1.165) is 5.56 Å². The summed E-state index contributed by atoms with van der Waals surface area (Å²) in [6.07, 6.45) is 3.13. The molecule has 0 radical (unpaired) electrons. The number of nitrogens with zero attached hydrogens (tertiary/aromatic N) is 3. The van der Waals surface area contributed by atoms with Crippen molar-refractivity contribution in [3.63, 3.8) is 0 Å². The van der Waals surface area contributed by atoms with Gasteiger partial charge in [-0.25, -0.2) is 9.97 Å². The predicted octanol–water partition coefficient (Wildman–Crippen LogP) is 5.69. The third-order valence-electron chi connectivity index (χ3n) is 4.75. The Bertz CT molecular complexity index is 1320. The van der Waals surface area contributed by atoms with Crippen LogP contribution in [0.1, 0.15) is 15.9 Å². The quantitative estimate of drug-likeness (QED) is 0.248. The van der Waals surface area contributed by atoms with Gasteiger partial charge in [0, 0.05) is 41.3 Å². The van der Waals surface area contributed by atoms with Crippen LogP contribution in [0.3, 0.4) is 0 Å². The first-order valence-corrected chi connectivity index (χ1v) is 10.5. The number of amides is 1. The van der Waals surface area contributed by atoms with Crippen molar-refractivity contribution in [2.24, 2.45) is 0 Å². The number of halogens is 1. The van der Waals surface area contributed by atoms with Crippen molar-refractivity contribution < 1.29 is 14.5 Å².